The van der Waals surface area contributed by atoms with Crippen molar-refractivity contribution in [2.75, 3.05) is 18.5 Å². The molecule has 0 spiro atoms. The molecule has 0 saturated heterocycles. The van der Waals surface area contributed by atoms with Crippen LogP contribution in [0.25, 0.3) is 11.1 Å². The standard InChI is InChI=1S/C13H15N3O5/c1-3-20-11(17)7-14-12(18)15-8-4-5-9-10(6-8)21-13(19)16(9)2/h4-6H,3,7H2,1-2H3,(H2,14,15,18). The molecule has 21 heavy (non-hydrogen) atoms. The number of anilines is 1. The fourth-order valence-electron chi connectivity index (χ4n) is 1.75. The predicted molar refractivity (Wildman–Crippen MR) is 75.1 cm³/mol. The quantitative estimate of drug-likeness (QED) is 0.812. The van der Waals surface area contributed by atoms with Crippen LogP contribution in [0.2, 0.25) is 0 Å². The first kappa shape index (κ1) is 14.6. The number of nitrogens with zero attached hydrogens (tertiary/aromatic N) is 1. The van der Waals surface area contributed by atoms with E-state index in [0.29, 0.717) is 16.8 Å². The van der Waals surface area contributed by atoms with Gasteiger partial charge >= 0.3 is 17.8 Å². The van der Waals surface area contributed by atoms with E-state index in [9.17, 15) is 14.4 Å². The molecule has 8 heteroatoms. The second-order valence-electron chi connectivity index (χ2n) is 4.22. The lowest BCUT2D eigenvalue weighted by atomic mass is 10.3. The minimum Gasteiger partial charge on any atom is -0.465 e. The van der Waals surface area contributed by atoms with Crippen molar-refractivity contribution in [3.8, 4) is 0 Å². The number of esters is 1. The molecule has 112 valence electrons. The third-order valence-electron chi connectivity index (χ3n) is 2.75. The number of oxazole rings is 1. The monoisotopic (exact) mass is 293 g/mol. The number of fused-ring (bicyclic) bond motifs is 1. The number of urea groups is 1. The lowest BCUT2D eigenvalue weighted by Crippen LogP contribution is -2.34. The number of benzene rings is 1. The first-order valence-corrected chi connectivity index (χ1v) is 6.31. The molecule has 0 radical (unpaired) electrons. The average Bonchev–Trinajstić information content (AvgIpc) is 2.72. The molecule has 0 atom stereocenters. The van der Waals surface area contributed by atoms with Gasteiger partial charge in [-0.25, -0.2) is 9.59 Å². The number of ether oxygens (including phenoxy) is 1. The van der Waals surface area contributed by atoms with Crippen LogP contribution in [0.5, 0.6) is 0 Å². The molecule has 2 N–H and O–H groups in total. The van der Waals surface area contributed by atoms with Gasteiger partial charge in [-0.2, -0.15) is 0 Å². The molecular formula is C13H15N3O5. The van der Waals surface area contributed by atoms with Crippen LogP contribution in [0.4, 0.5) is 10.5 Å². The number of hydrogen-bond donors (Lipinski definition) is 2. The second kappa shape index (κ2) is 6.12. The highest BCUT2D eigenvalue weighted by Gasteiger charge is 2.09. The Kier molecular flexibility index (Phi) is 4.27. The van der Waals surface area contributed by atoms with Gasteiger partial charge < -0.3 is 19.8 Å². The Hall–Kier alpha value is -2.77. The first-order chi connectivity index (χ1) is 10.0. The summed E-state index contributed by atoms with van der Waals surface area (Å²) in [5, 5.41) is 4.89. The minimum atomic E-state index is -0.555. The van der Waals surface area contributed by atoms with Crippen LogP contribution in [-0.2, 0) is 16.6 Å². The Labute approximate surface area is 119 Å². The molecule has 0 unspecified atom stereocenters. The van der Waals surface area contributed by atoms with Crippen molar-refractivity contribution in [3.63, 3.8) is 0 Å². The van der Waals surface area contributed by atoms with Gasteiger partial charge in [0.25, 0.3) is 0 Å². The molecule has 8 nitrogen and oxygen atoms in total. The van der Waals surface area contributed by atoms with Crippen LogP contribution >= 0.6 is 0 Å². The average molecular weight is 293 g/mol. The predicted octanol–water partition coefficient (Wildman–Crippen LogP) is 0.816. The van der Waals surface area contributed by atoms with Crippen molar-refractivity contribution < 1.29 is 18.7 Å². The lowest BCUT2D eigenvalue weighted by Gasteiger charge is -2.07. The molecule has 1 aromatic heterocycles. The molecule has 1 aromatic carbocycles. The van der Waals surface area contributed by atoms with E-state index in [2.05, 4.69) is 15.4 Å². The molecule has 0 aliphatic heterocycles. The van der Waals surface area contributed by atoms with Crippen molar-refractivity contribution in [2.45, 2.75) is 6.92 Å². The highest BCUT2D eigenvalue weighted by Crippen LogP contribution is 2.17. The van der Waals surface area contributed by atoms with Gasteiger partial charge in [0.2, 0.25) is 0 Å². The molecule has 0 aliphatic carbocycles. The number of hydrogen-bond acceptors (Lipinski definition) is 5. The van der Waals surface area contributed by atoms with Crippen LogP contribution in [-0.4, -0.2) is 29.7 Å². The third-order valence-corrected chi connectivity index (χ3v) is 2.75. The van der Waals surface area contributed by atoms with E-state index in [1.807, 2.05) is 0 Å². The summed E-state index contributed by atoms with van der Waals surface area (Å²) in [4.78, 5) is 34.1. The van der Waals surface area contributed by atoms with Crippen LogP contribution in [0.15, 0.2) is 27.4 Å². The van der Waals surface area contributed by atoms with E-state index in [1.165, 1.54) is 10.6 Å². The maximum Gasteiger partial charge on any atom is 0.419 e. The van der Waals surface area contributed by atoms with Crippen LogP contribution in [0.3, 0.4) is 0 Å². The molecule has 1 heterocycles. The zero-order chi connectivity index (χ0) is 15.4. The van der Waals surface area contributed by atoms with Gasteiger partial charge in [0.05, 0.1) is 12.1 Å². The van der Waals surface area contributed by atoms with Crippen molar-refractivity contribution in [3.05, 3.63) is 28.7 Å². The number of aryl methyl sites for hydroxylation is 1. The number of rotatable bonds is 4. The molecule has 0 fully saturated rings. The Balaban J connectivity index is 2.01. The van der Waals surface area contributed by atoms with Gasteiger partial charge in [-0.15, -0.1) is 0 Å². The maximum absolute atomic E-state index is 11.6. The van der Waals surface area contributed by atoms with E-state index in [1.54, 1.807) is 26.1 Å². The van der Waals surface area contributed by atoms with E-state index in [0.717, 1.165) is 0 Å². The number of carbonyl (C=O) groups is 2. The van der Waals surface area contributed by atoms with Crippen molar-refractivity contribution in [2.24, 2.45) is 7.05 Å². The van der Waals surface area contributed by atoms with E-state index in [4.69, 9.17) is 4.42 Å². The lowest BCUT2D eigenvalue weighted by molar-refractivity contribution is -0.141. The van der Waals surface area contributed by atoms with Crippen LogP contribution in [0, 0.1) is 0 Å². The van der Waals surface area contributed by atoms with Gasteiger partial charge in [0.1, 0.15) is 6.54 Å². The Morgan fingerprint density at radius 1 is 1.38 bits per heavy atom. The molecule has 2 aromatic rings. The van der Waals surface area contributed by atoms with Crippen molar-refractivity contribution >= 4 is 28.8 Å². The summed E-state index contributed by atoms with van der Waals surface area (Å²) in [6.45, 7) is 1.72. The van der Waals surface area contributed by atoms with Crippen LogP contribution < -0.4 is 16.4 Å². The maximum atomic E-state index is 11.6. The molecular weight excluding hydrogens is 278 g/mol. The van der Waals surface area contributed by atoms with Gasteiger partial charge in [-0.3, -0.25) is 9.36 Å². The highest BCUT2D eigenvalue weighted by atomic mass is 16.5. The topological polar surface area (TPSA) is 103 Å². The second-order valence-corrected chi connectivity index (χ2v) is 4.22. The van der Waals surface area contributed by atoms with Gasteiger partial charge in [-0.1, -0.05) is 0 Å². The van der Waals surface area contributed by atoms with Crippen LogP contribution in [0.1, 0.15) is 6.92 Å². The van der Waals surface area contributed by atoms with Gasteiger partial charge in [-0.05, 0) is 19.1 Å². The van der Waals surface area contributed by atoms with Gasteiger partial charge in [0.15, 0.2) is 5.58 Å². The Bertz CT molecular complexity index is 731. The largest absolute Gasteiger partial charge is 0.465 e. The van der Waals surface area contributed by atoms with E-state index < -0.39 is 17.8 Å². The van der Waals surface area contributed by atoms with Gasteiger partial charge in [0, 0.05) is 18.8 Å². The summed E-state index contributed by atoms with van der Waals surface area (Å²) in [5.74, 6) is -0.994. The molecule has 0 saturated carbocycles. The normalized spacial score (nSPS) is 10.4. The highest BCUT2D eigenvalue weighted by molar-refractivity contribution is 5.93. The SMILES string of the molecule is CCOC(=O)CNC(=O)Nc1ccc2c(c1)oc(=O)n2C. The summed E-state index contributed by atoms with van der Waals surface area (Å²) in [5.41, 5.74) is 1.43. The number of carbonyl (C=O) groups excluding carboxylic acids is 2. The number of aromatic nitrogens is 1. The number of nitrogens with one attached hydrogen (secondary N) is 2. The molecule has 2 amide bonds. The molecule has 0 aliphatic rings. The van der Waals surface area contributed by atoms with E-state index in [-0.39, 0.29) is 13.2 Å². The zero-order valence-corrected chi connectivity index (χ0v) is 11.6. The Morgan fingerprint density at radius 2 is 2.14 bits per heavy atom. The van der Waals surface area contributed by atoms with Crippen molar-refractivity contribution in [1.82, 2.24) is 9.88 Å². The Morgan fingerprint density at radius 3 is 2.86 bits per heavy atom. The molecule has 2 rings (SSSR count). The first-order valence-electron chi connectivity index (χ1n) is 6.31. The zero-order valence-electron chi connectivity index (χ0n) is 11.6. The summed E-state index contributed by atoms with van der Waals surface area (Å²) in [6.07, 6.45) is 0. The minimum absolute atomic E-state index is 0.220. The molecule has 0 bridgehead atoms. The summed E-state index contributed by atoms with van der Waals surface area (Å²) in [7, 11) is 1.59. The number of amides is 2. The third kappa shape index (κ3) is 3.41. The summed E-state index contributed by atoms with van der Waals surface area (Å²) in [6, 6.07) is 4.25. The fraction of sp³-hybridized carbons (Fsp3) is 0.308. The summed E-state index contributed by atoms with van der Waals surface area (Å²) >= 11 is 0. The van der Waals surface area contributed by atoms with E-state index >= 15 is 0 Å². The fourth-order valence-corrected chi connectivity index (χ4v) is 1.75. The van der Waals surface area contributed by atoms with Crippen molar-refractivity contribution in [1.29, 1.82) is 0 Å². The summed E-state index contributed by atoms with van der Waals surface area (Å²) < 4.78 is 11.1. The smallest absolute Gasteiger partial charge is 0.419 e.